The minimum Gasteiger partial charge on any atom is -0.369 e. The molecule has 0 fully saturated rings. The molecule has 2 aromatic rings. The number of anilines is 1. The van der Waals surface area contributed by atoms with Crippen LogP contribution in [0.3, 0.4) is 0 Å². The first kappa shape index (κ1) is 13.5. The third kappa shape index (κ3) is 3.28. The van der Waals surface area contributed by atoms with Crippen LogP contribution in [0.4, 0.5) is 10.2 Å². The molecule has 100 valence electrons. The summed E-state index contributed by atoms with van der Waals surface area (Å²) in [6.07, 6.45) is 1.52. The second-order valence-corrected chi connectivity index (χ2v) is 5.26. The van der Waals surface area contributed by atoms with E-state index in [2.05, 4.69) is 15.3 Å². The van der Waals surface area contributed by atoms with E-state index < -0.39 is 0 Å². The maximum absolute atomic E-state index is 13.8. The Balaban J connectivity index is 2.12. The van der Waals surface area contributed by atoms with Gasteiger partial charge in [0.15, 0.2) is 0 Å². The van der Waals surface area contributed by atoms with Crippen LogP contribution in [0.2, 0.25) is 0 Å². The average molecular weight is 259 g/mol. The Morgan fingerprint density at radius 1 is 1.21 bits per heavy atom. The van der Waals surface area contributed by atoms with Crippen LogP contribution in [0.1, 0.15) is 25.1 Å². The standard InChI is InChI=1S/C15H18FN3/c1-11-8-14(19-10-18-11)17-9-15(2,3)12-6-4-5-7-13(12)16/h4-8,10H,9H2,1-3H3,(H,17,18,19). The maximum Gasteiger partial charge on any atom is 0.129 e. The smallest absolute Gasteiger partial charge is 0.129 e. The monoisotopic (exact) mass is 259 g/mol. The zero-order chi connectivity index (χ0) is 13.9. The molecule has 0 spiro atoms. The van der Waals surface area contributed by atoms with Crippen molar-refractivity contribution in [1.82, 2.24) is 9.97 Å². The molecule has 0 aliphatic heterocycles. The van der Waals surface area contributed by atoms with E-state index in [1.165, 1.54) is 12.4 Å². The molecule has 0 amide bonds. The summed E-state index contributed by atoms with van der Waals surface area (Å²) in [4.78, 5) is 8.19. The van der Waals surface area contributed by atoms with Crippen LogP contribution in [0.15, 0.2) is 36.7 Å². The van der Waals surface area contributed by atoms with Crippen LogP contribution in [-0.2, 0) is 5.41 Å². The summed E-state index contributed by atoms with van der Waals surface area (Å²) in [5, 5.41) is 3.23. The van der Waals surface area contributed by atoms with Gasteiger partial charge in [-0.1, -0.05) is 32.0 Å². The van der Waals surface area contributed by atoms with Gasteiger partial charge in [-0.05, 0) is 18.6 Å². The van der Waals surface area contributed by atoms with Crippen molar-refractivity contribution in [2.24, 2.45) is 0 Å². The van der Waals surface area contributed by atoms with Crippen LogP contribution in [0.5, 0.6) is 0 Å². The molecule has 19 heavy (non-hydrogen) atoms. The highest BCUT2D eigenvalue weighted by Crippen LogP contribution is 2.25. The highest BCUT2D eigenvalue weighted by atomic mass is 19.1. The number of nitrogens with one attached hydrogen (secondary N) is 1. The van der Waals surface area contributed by atoms with Gasteiger partial charge in [-0.2, -0.15) is 0 Å². The van der Waals surface area contributed by atoms with E-state index in [4.69, 9.17) is 0 Å². The first-order chi connectivity index (χ1) is 8.99. The van der Waals surface area contributed by atoms with E-state index in [1.54, 1.807) is 6.07 Å². The topological polar surface area (TPSA) is 37.8 Å². The first-order valence-electron chi connectivity index (χ1n) is 6.26. The molecule has 0 unspecified atom stereocenters. The van der Waals surface area contributed by atoms with Gasteiger partial charge in [-0.3, -0.25) is 0 Å². The van der Waals surface area contributed by atoms with Gasteiger partial charge in [0, 0.05) is 23.7 Å². The fourth-order valence-electron chi connectivity index (χ4n) is 1.97. The van der Waals surface area contributed by atoms with Gasteiger partial charge >= 0.3 is 0 Å². The first-order valence-corrected chi connectivity index (χ1v) is 6.26. The summed E-state index contributed by atoms with van der Waals surface area (Å²) in [5.74, 6) is 0.588. The Morgan fingerprint density at radius 2 is 1.95 bits per heavy atom. The third-order valence-electron chi connectivity index (χ3n) is 3.12. The number of aryl methyl sites for hydroxylation is 1. The van der Waals surface area contributed by atoms with Gasteiger partial charge in [0.05, 0.1) is 0 Å². The highest BCUT2D eigenvalue weighted by Gasteiger charge is 2.23. The molecular formula is C15H18FN3. The molecule has 0 aliphatic carbocycles. The van der Waals surface area contributed by atoms with E-state index in [1.807, 2.05) is 39.0 Å². The predicted octanol–water partition coefficient (Wildman–Crippen LogP) is 3.31. The number of aromatic nitrogens is 2. The fourth-order valence-corrected chi connectivity index (χ4v) is 1.97. The SMILES string of the molecule is Cc1cc(NCC(C)(C)c2ccccc2F)ncn1. The summed E-state index contributed by atoms with van der Waals surface area (Å²) in [6, 6.07) is 8.75. The lowest BCUT2D eigenvalue weighted by atomic mass is 9.84. The van der Waals surface area contributed by atoms with Crippen LogP contribution in [0.25, 0.3) is 0 Å². The molecule has 1 aromatic heterocycles. The predicted molar refractivity (Wildman–Crippen MR) is 74.7 cm³/mol. The van der Waals surface area contributed by atoms with Crippen molar-refractivity contribution < 1.29 is 4.39 Å². The number of nitrogens with zero attached hydrogens (tertiary/aromatic N) is 2. The van der Waals surface area contributed by atoms with E-state index in [0.717, 1.165) is 11.5 Å². The van der Waals surface area contributed by atoms with Gasteiger partial charge in [0.1, 0.15) is 18.0 Å². The lowest BCUT2D eigenvalue weighted by Gasteiger charge is -2.26. The Labute approximate surface area is 112 Å². The molecule has 0 saturated heterocycles. The van der Waals surface area contributed by atoms with Gasteiger partial charge in [-0.25, -0.2) is 14.4 Å². The number of hydrogen-bond acceptors (Lipinski definition) is 3. The second-order valence-electron chi connectivity index (χ2n) is 5.26. The van der Waals surface area contributed by atoms with E-state index >= 15 is 0 Å². The molecule has 4 heteroatoms. The van der Waals surface area contributed by atoms with Crippen molar-refractivity contribution in [2.75, 3.05) is 11.9 Å². The van der Waals surface area contributed by atoms with E-state index in [-0.39, 0.29) is 11.2 Å². The van der Waals surface area contributed by atoms with Crippen LogP contribution < -0.4 is 5.32 Å². The quantitative estimate of drug-likeness (QED) is 0.915. The van der Waals surface area contributed by atoms with E-state index in [0.29, 0.717) is 12.1 Å². The Kier molecular flexibility index (Phi) is 3.79. The molecule has 0 radical (unpaired) electrons. The summed E-state index contributed by atoms with van der Waals surface area (Å²) >= 11 is 0. The molecule has 3 nitrogen and oxygen atoms in total. The molecule has 2 rings (SSSR count). The number of benzene rings is 1. The molecular weight excluding hydrogens is 241 g/mol. The van der Waals surface area contributed by atoms with Crippen molar-refractivity contribution in [3.8, 4) is 0 Å². The van der Waals surface area contributed by atoms with Gasteiger partial charge in [-0.15, -0.1) is 0 Å². The summed E-state index contributed by atoms with van der Waals surface area (Å²) < 4.78 is 13.8. The largest absolute Gasteiger partial charge is 0.369 e. The number of halogens is 1. The Hall–Kier alpha value is -1.97. The Bertz CT molecular complexity index is 567. The molecule has 0 bridgehead atoms. The lowest BCUT2D eigenvalue weighted by Crippen LogP contribution is -2.29. The molecule has 1 aromatic carbocycles. The molecule has 0 atom stereocenters. The zero-order valence-corrected chi connectivity index (χ0v) is 11.4. The summed E-state index contributed by atoms with van der Waals surface area (Å²) in [5.41, 5.74) is 1.29. The molecule has 0 saturated carbocycles. The minimum absolute atomic E-state index is 0.173. The molecule has 1 heterocycles. The Morgan fingerprint density at radius 3 is 2.63 bits per heavy atom. The second kappa shape index (κ2) is 5.34. The molecule has 1 N–H and O–H groups in total. The third-order valence-corrected chi connectivity index (χ3v) is 3.12. The van der Waals surface area contributed by atoms with Gasteiger partial charge in [0.2, 0.25) is 0 Å². The normalized spacial score (nSPS) is 11.4. The number of hydrogen-bond donors (Lipinski definition) is 1. The summed E-state index contributed by atoms with van der Waals surface area (Å²) in [6.45, 7) is 6.53. The van der Waals surface area contributed by atoms with Crippen molar-refractivity contribution in [2.45, 2.75) is 26.2 Å². The van der Waals surface area contributed by atoms with Crippen molar-refractivity contribution in [1.29, 1.82) is 0 Å². The zero-order valence-electron chi connectivity index (χ0n) is 11.4. The molecule has 0 aliphatic rings. The van der Waals surface area contributed by atoms with Crippen molar-refractivity contribution >= 4 is 5.82 Å². The average Bonchev–Trinajstić information content (AvgIpc) is 2.37. The summed E-state index contributed by atoms with van der Waals surface area (Å²) in [7, 11) is 0. The minimum atomic E-state index is -0.315. The highest BCUT2D eigenvalue weighted by molar-refractivity contribution is 5.37. The fraction of sp³-hybridized carbons (Fsp3) is 0.333. The van der Waals surface area contributed by atoms with E-state index in [9.17, 15) is 4.39 Å². The van der Waals surface area contributed by atoms with Crippen LogP contribution in [0, 0.1) is 12.7 Å². The lowest BCUT2D eigenvalue weighted by molar-refractivity contribution is 0.504. The van der Waals surface area contributed by atoms with Crippen molar-refractivity contribution in [3.63, 3.8) is 0 Å². The van der Waals surface area contributed by atoms with Crippen LogP contribution >= 0.6 is 0 Å². The maximum atomic E-state index is 13.8. The van der Waals surface area contributed by atoms with Crippen molar-refractivity contribution in [3.05, 3.63) is 53.7 Å². The van der Waals surface area contributed by atoms with Crippen LogP contribution in [-0.4, -0.2) is 16.5 Å². The number of rotatable bonds is 4. The van der Waals surface area contributed by atoms with Gasteiger partial charge in [0.25, 0.3) is 0 Å². The van der Waals surface area contributed by atoms with Gasteiger partial charge < -0.3 is 5.32 Å².